The van der Waals surface area contributed by atoms with Gasteiger partial charge in [-0.05, 0) is 12.8 Å². The van der Waals surface area contributed by atoms with E-state index in [-0.39, 0.29) is 0 Å². The van der Waals surface area contributed by atoms with Gasteiger partial charge in [-0.1, -0.05) is 52.4 Å². The summed E-state index contributed by atoms with van der Waals surface area (Å²) in [7, 11) is 0. The molecule has 0 radical (unpaired) electrons. The van der Waals surface area contributed by atoms with Crippen LogP contribution in [0.1, 0.15) is 65.2 Å². The number of unbranched alkanes of at least 4 members (excludes halogenated alkanes) is 6. The Morgan fingerprint density at radius 2 is 1.00 bits per heavy atom. The second-order valence-electron chi connectivity index (χ2n) is 3.57. The summed E-state index contributed by atoms with van der Waals surface area (Å²) < 4.78 is 8.25. The zero-order chi connectivity index (χ0) is 13.1. The third-order valence-corrected chi connectivity index (χ3v) is 2.02. The Hall–Kier alpha value is 0.434. The summed E-state index contributed by atoms with van der Waals surface area (Å²) in [6, 6.07) is 0. The van der Waals surface area contributed by atoms with Crippen molar-refractivity contribution in [1.82, 2.24) is 0 Å². The van der Waals surface area contributed by atoms with E-state index in [1.807, 2.05) is 0 Å². The Morgan fingerprint density at radius 3 is 1.19 bits per heavy atom. The van der Waals surface area contributed by atoms with Crippen LogP contribution in [-0.4, -0.2) is 23.4 Å². The van der Waals surface area contributed by atoms with E-state index in [9.17, 15) is 0 Å². The molecule has 0 rings (SSSR count). The van der Waals surface area contributed by atoms with Crippen LogP contribution in [0.5, 0.6) is 0 Å². The van der Waals surface area contributed by atoms with Crippen LogP contribution in [0.4, 0.5) is 0 Å². The Balaban J connectivity index is -0.000000183. The molecule has 0 spiro atoms. The third kappa shape index (κ3) is 36.6. The molecule has 0 aliphatic heterocycles. The maximum atomic E-state index is 8.29. The van der Waals surface area contributed by atoms with Crippen molar-refractivity contribution >= 4 is 0 Å². The zero-order valence-electron chi connectivity index (χ0n) is 10.9. The van der Waals surface area contributed by atoms with E-state index in [0.717, 1.165) is 33.2 Å². The van der Waals surface area contributed by atoms with Gasteiger partial charge in [-0.25, -0.2) is 0 Å². The predicted molar refractivity (Wildman–Crippen MR) is 63.1 cm³/mol. The second-order valence-corrected chi connectivity index (χ2v) is 3.57. The molecule has 0 amide bonds. The summed E-state index contributed by atoms with van der Waals surface area (Å²) in [6.07, 6.45) is 9.36. The van der Waals surface area contributed by atoms with E-state index in [0.29, 0.717) is 13.2 Å². The van der Waals surface area contributed by atoms with Gasteiger partial charge in [0.05, 0.1) is 0 Å². The summed E-state index contributed by atoms with van der Waals surface area (Å²) in [5.41, 5.74) is 0. The Kier molecular flexibility index (Phi) is 40.0. The normalized spacial score (nSPS) is 8.44. The van der Waals surface area contributed by atoms with E-state index < -0.39 is 0 Å². The molecule has 0 saturated heterocycles. The van der Waals surface area contributed by atoms with Crippen LogP contribution in [-0.2, 0) is 23.7 Å². The van der Waals surface area contributed by atoms with Crippen LogP contribution in [0.25, 0.3) is 0 Å². The van der Waals surface area contributed by atoms with Crippen LogP contribution in [0.15, 0.2) is 0 Å². The van der Waals surface area contributed by atoms with E-state index in [4.69, 9.17) is 13.5 Å². The summed E-state index contributed by atoms with van der Waals surface area (Å²) in [6.45, 7) is 5.05. The van der Waals surface area contributed by atoms with Crippen molar-refractivity contribution in [3.8, 4) is 0 Å². The molecular formula is C12H28O3Ti. The second kappa shape index (κ2) is 29.5. The average molecular weight is 268 g/mol. The van der Waals surface area contributed by atoms with Gasteiger partial charge in [-0.15, -0.1) is 0 Å². The van der Waals surface area contributed by atoms with Crippen molar-refractivity contribution in [2.45, 2.75) is 65.2 Å². The van der Waals surface area contributed by atoms with E-state index in [1.165, 1.54) is 38.5 Å². The number of aliphatic hydroxyl groups excluding tert-OH is 2. The van der Waals surface area contributed by atoms with Crippen molar-refractivity contribution in [2.75, 3.05) is 13.2 Å². The monoisotopic (exact) mass is 268 g/mol. The fourth-order valence-corrected chi connectivity index (χ4v) is 1.08. The topological polar surface area (TPSA) is 57.5 Å². The zero-order valence-corrected chi connectivity index (χ0v) is 12.4. The van der Waals surface area contributed by atoms with Gasteiger partial charge in [-0.3, -0.25) is 0 Å². The van der Waals surface area contributed by atoms with Gasteiger partial charge in [0.25, 0.3) is 0 Å². The van der Waals surface area contributed by atoms with Crippen LogP contribution < -0.4 is 0 Å². The molecule has 3 nitrogen and oxygen atoms in total. The third-order valence-electron chi connectivity index (χ3n) is 2.02. The van der Waals surface area contributed by atoms with Crippen molar-refractivity contribution in [3.63, 3.8) is 0 Å². The molecule has 0 saturated carbocycles. The Bertz CT molecular complexity index is 74.3. The predicted octanol–water partition coefficient (Wildman–Crippen LogP) is 3.00. The number of rotatable bonds is 8. The molecule has 0 atom stereocenters. The van der Waals surface area contributed by atoms with Crippen molar-refractivity contribution in [1.29, 1.82) is 0 Å². The number of hydrogen-bond acceptors (Lipinski definition) is 3. The van der Waals surface area contributed by atoms with Gasteiger partial charge in [0.15, 0.2) is 0 Å². The van der Waals surface area contributed by atoms with Crippen molar-refractivity contribution in [3.05, 3.63) is 0 Å². The molecule has 0 aliphatic rings. The maximum absolute atomic E-state index is 8.29. The molecule has 0 heterocycles. The van der Waals surface area contributed by atoms with E-state index in [1.54, 1.807) is 0 Å². The first kappa shape index (κ1) is 21.7. The molecule has 0 aromatic rings. The Labute approximate surface area is 112 Å². The molecule has 98 valence electrons. The number of hydrogen-bond donors (Lipinski definition) is 2. The molecule has 0 bridgehead atoms. The van der Waals surface area contributed by atoms with Gasteiger partial charge in [0, 0.05) is 13.2 Å². The van der Waals surface area contributed by atoms with Gasteiger partial charge < -0.3 is 10.2 Å². The van der Waals surface area contributed by atoms with E-state index in [2.05, 4.69) is 13.8 Å². The molecule has 16 heavy (non-hydrogen) atoms. The molecule has 0 fully saturated rings. The molecule has 0 aromatic heterocycles. The first-order chi connectivity index (χ1) is 7.83. The fraction of sp³-hybridized carbons (Fsp3) is 1.00. The minimum absolute atomic E-state index is 0.361. The quantitative estimate of drug-likeness (QED) is 0.525. The number of aliphatic hydroxyl groups is 2. The molecule has 0 aliphatic carbocycles. The van der Waals surface area contributed by atoms with Crippen molar-refractivity contribution < 1.29 is 33.9 Å². The molecule has 0 unspecified atom stereocenters. The minimum atomic E-state index is 0.361. The summed E-state index contributed by atoms with van der Waals surface area (Å²) in [5, 5.41) is 16.6. The summed E-state index contributed by atoms with van der Waals surface area (Å²) in [4.78, 5) is 0. The van der Waals surface area contributed by atoms with Gasteiger partial charge in [0.1, 0.15) is 0 Å². The standard InChI is InChI=1S/2C6H14O.O.Ti/c2*1-2-3-4-5-6-7;;/h2*7H,2-6H2,1H3;;. The summed E-state index contributed by atoms with van der Waals surface area (Å²) >= 11 is 0.750. The van der Waals surface area contributed by atoms with Gasteiger partial charge in [-0.2, -0.15) is 0 Å². The summed E-state index contributed by atoms with van der Waals surface area (Å²) in [5.74, 6) is 0. The molecule has 2 N–H and O–H groups in total. The van der Waals surface area contributed by atoms with Crippen LogP contribution >= 0.6 is 0 Å². The van der Waals surface area contributed by atoms with Gasteiger partial charge in [0.2, 0.25) is 0 Å². The van der Waals surface area contributed by atoms with E-state index >= 15 is 0 Å². The molecular weight excluding hydrogens is 240 g/mol. The molecule has 4 heteroatoms. The van der Waals surface area contributed by atoms with Crippen molar-refractivity contribution in [2.24, 2.45) is 0 Å². The van der Waals surface area contributed by atoms with Gasteiger partial charge >= 0.3 is 23.7 Å². The average Bonchev–Trinajstić information content (AvgIpc) is 2.34. The van der Waals surface area contributed by atoms with Crippen LogP contribution in [0, 0.1) is 0 Å². The molecule has 0 aromatic carbocycles. The Morgan fingerprint density at radius 1 is 0.688 bits per heavy atom. The van der Waals surface area contributed by atoms with Crippen LogP contribution in [0.3, 0.4) is 0 Å². The first-order valence-corrected chi connectivity index (χ1v) is 6.89. The SMILES string of the molecule is CCCCCCO.CCCCCCO.[O]=[Ti]. The fourth-order valence-electron chi connectivity index (χ4n) is 1.08. The first-order valence-electron chi connectivity index (χ1n) is 6.25. The van der Waals surface area contributed by atoms with Crippen LogP contribution in [0.2, 0.25) is 0 Å².